The van der Waals surface area contributed by atoms with E-state index in [2.05, 4.69) is 15.5 Å². The largest absolute Gasteiger partial charge is 0.420 e. The van der Waals surface area contributed by atoms with Crippen LogP contribution >= 0.6 is 0 Å². The average molecular weight is 400 g/mol. The summed E-state index contributed by atoms with van der Waals surface area (Å²) in [6.07, 6.45) is 0. The average Bonchev–Trinajstić information content (AvgIpc) is 3.28. The number of carbonyl (C=O) groups is 1. The van der Waals surface area contributed by atoms with Crippen molar-refractivity contribution >= 4 is 17.3 Å². The molecule has 1 atom stereocenters. The second-order valence-electron chi connectivity index (χ2n) is 6.79. The number of nitrogens with one attached hydrogen (secondary N) is 2. The van der Waals surface area contributed by atoms with Crippen molar-refractivity contribution in [3.8, 4) is 23.2 Å². The van der Waals surface area contributed by atoms with Crippen LogP contribution in [0.4, 0.5) is 11.4 Å². The van der Waals surface area contributed by atoms with Gasteiger partial charge in [-0.1, -0.05) is 30.3 Å². The van der Waals surface area contributed by atoms with Crippen LogP contribution in [-0.2, 0) is 10.2 Å². The standard InChI is InChI=1S/C20H12N6O4/c21-9-13-17(22)30-18-15(16(24-25-18)10-4-2-1-3-5-10)20(13)12-8-11(26(28)29)6-7-14(12)23-19(20)27/h1-8H,22H2,(H,23,27)(H,24,25)/t20-/m1/s1. The first-order valence-corrected chi connectivity index (χ1v) is 8.81. The van der Waals surface area contributed by atoms with Gasteiger partial charge in [-0.3, -0.25) is 20.0 Å². The fraction of sp³-hybridized carbons (Fsp3) is 0.0500. The number of fused-ring (bicyclic) bond motifs is 4. The third kappa shape index (κ3) is 2.05. The molecule has 4 N–H and O–H groups in total. The fourth-order valence-corrected chi connectivity index (χ4v) is 4.06. The maximum atomic E-state index is 13.4. The lowest BCUT2D eigenvalue weighted by atomic mass is 9.68. The zero-order chi connectivity index (χ0) is 21.0. The highest BCUT2D eigenvalue weighted by Crippen LogP contribution is 2.55. The number of aromatic nitrogens is 2. The first-order valence-electron chi connectivity index (χ1n) is 8.81. The third-order valence-electron chi connectivity index (χ3n) is 5.32. The summed E-state index contributed by atoms with van der Waals surface area (Å²) in [5.41, 5.74) is 5.86. The zero-order valence-electron chi connectivity index (χ0n) is 15.2. The van der Waals surface area contributed by atoms with Gasteiger partial charge in [0.15, 0.2) is 0 Å². The number of ether oxygens (including phenoxy) is 1. The van der Waals surface area contributed by atoms with E-state index in [1.54, 1.807) is 12.1 Å². The SMILES string of the molecule is N#CC1=C(N)Oc2n[nH]c(-c3ccccc3)c2[C@]12C(=O)Nc1ccc([N+](=O)[O-])cc12. The van der Waals surface area contributed by atoms with E-state index in [1.165, 1.54) is 18.2 Å². The Morgan fingerprint density at radius 1 is 1.23 bits per heavy atom. The number of amides is 1. The monoisotopic (exact) mass is 400 g/mol. The molecule has 0 saturated heterocycles. The summed E-state index contributed by atoms with van der Waals surface area (Å²) in [7, 11) is 0. The number of rotatable bonds is 2. The first-order chi connectivity index (χ1) is 14.5. The maximum Gasteiger partial charge on any atom is 0.269 e. The minimum atomic E-state index is -1.74. The number of hydrogen-bond donors (Lipinski definition) is 3. The van der Waals surface area contributed by atoms with Gasteiger partial charge in [-0.25, -0.2) is 0 Å². The van der Waals surface area contributed by atoms with Crippen molar-refractivity contribution in [1.29, 1.82) is 5.26 Å². The molecule has 2 aliphatic rings. The van der Waals surface area contributed by atoms with Crippen LogP contribution in [0.1, 0.15) is 11.1 Å². The number of nitriles is 1. The van der Waals surface area contributed by atoms with Gasteiger partial charge in [-0.05, 0) is 6.07 Å². The molecule has 0 aliphatic carbocycles. The van der Waals surface area contributed by atoms with Crippen LogP contribution in [0.2, 0.25) is 0 Å². The van der Waals surface area contributed by atoms with Gasteiger partial charge < -0.3 is 15.8 Å². The van der Waals surface area contributed by atoms with Crippen LogP contribution < -0.4 is 15.8 Å². The minimum absolute atomic E-state index is 0.0276. The van der Waals surface area contributed by atoms with E-state index >= 15 is 0 Å². The molecule has 146 valence electrons. The summed E-state index contributed by atoms with van der Waals surface area (Å²) >= 11 is 0. The molecule has 0 fully saturated rings. The maximum absolute atomic E-state index is 13.4. The molecule has 0 unspecified atom stereocenters. The van der Waals surface area contributed by atoms with Gasteiger partial charge in [0, 0.05) is 28.9 Å². The molecular weight excluding hydrogens is 388 g/mol. The molecule has 1 amide bonds. The topological polar surface area (TPSA) is 160 Å². The van der Waals surface area contributed by atoms with Crippen molar-refractivity contribution in [2.75, 3.05) is 5.32 Å². The van der Waals surface area contributed by atoms with Crippen LogP contribution in [0, 0.1) is 21.4 Å². The van der Waals surface area contributed by atoms with Gasteiger partial charge in [-0.15, -0.1) is 5.10 Å². The van der Waals surface area contributed by atoms with Crippen molar-refractivity contribution in [2.24, 2.45) is 5.73 Å². The lowest BCUT2D eigenvalue weighted by Gasteiger charge is -2.31. The Labute approximate surface area is 168 Å². The van der Waals surface area contributed by atoms with Crippen molar-refractivity contribution in [2.45, 2.75) is 5.41 Å². The van der Waals surface area contributed by atoms with Crippen molar-refractivity contribution in [3.63, 3.8) is 0 Å². The van der Waals surface area contributed by atoms with Gasteiger partial charge in [0.25, 0.3) is 5.69 Å². The number of carbonyl (C=O) groups excluding carboxylic acids is 1. The van der Waals surface area contributed by atoms with Gasteiger partial charge in [0.1, 0.15) is 17.1 Å². The number of nitrogens with zero attached hydrogens (tertiary/aromatic N) is 3. The highest BCUT2D eigenvalue weighted by molar-refractivity contribution is 6.13. The number of anilines is 1. The summed E-state index contributed by atoms with van der Waals surface area (Å²) in [5, 5.41) is 31.1. The summed E-state index contributed by atoms with van der Waals surface area (Å²) in [6, 6.07) is 15.0. The summed E-state index contributed by atoms with van der Waals surface area (Å²) in [6.45, 7) is 0. The first kappa shape index (κ1) is 17.4. The van der Waals surface area contributed by atoms with Gasteiger partial charge >= 0.3 is 0 Å². The number of nitrogens with two attached hydrogens (primary N) is 1. The number of hydrogen-bond acceptors (Lipinski definition) is 7. The van der Waals surface area contributed by atoms with E-state index in [0.29, 0.717) is 16.9 Å². The van der Waals surface area contributed by atoms with E-state index in [1.807, 2.05) is 24.3 Å². The molecule has 10 nitrogen and oxygen atoms in total. The quantitative estimate of drug-likeness (QED) is 0.439. The Hall–Kier alpha value is -4.65. The smallest absolute Gasteiger partial charge is 0.269 e. The van der Waals surface area contributed by atoms with E-state index in [0.717, 1.165) is 0 Å². The molecule has 1 aromatic heterocycles. The van der Waals surface area contributed by atoms with Crippen LogP contribution in [-0.4, -0.2) is 21.0 Å². The molecule has 0 bridgehead atoms. The predicted molar refractivity (Wildman–Crippen MR) is 104 cm³/mol. The number of nitro benzene ring substituents is 1. The highest BCUT2D eigenvalue weighted by atomic mass is 16.6. The summed E-state index contributed by atoms with van der Waals surface area (Å²) < 4.78 is 5.54. The number of non-ortho nitro benzene ring substituents is 1. The number of benzene rings is 2. The highest BCUT2D eigenvalue weighted by Gasteiger charge is 2.59. The Bertz CT molecular complexity index is 1320. The third-order valence-corrected chi connectivity index (χ3v) is 5.32. The molecule has 1 spiro atoms. The predicted octanol–water partition coefficient (Wildman–Crippen LogP) is 2.31. The van der Waals surface area contributed by atoms with E-state index in [9.17, 15) is 20.2 Å². The second kappa shape index (κ2) is 5.92. The van der Waals surface area contributed by atoms with Crippen LogP contribution in [0.25, 0.3) is 11.3 Å². The van der Waals surface area contributed by atoms with Gasteiger partial charge in [-0.2, -0.15) is 5.26 Å². The van der Waals surface area contributed by atoms with E-state index in [-0.39, 0.29) is 34.2 Å². The Balaban J connectivity index is 1.91. The van der Waals surface area contributed by atoms with Crippen molar-refractivity contribution in [3.05, 3.63) is 81.2 Å². The minimum Gasteiger partial charge on any atom is -0.420 e. The molecule has 2 aliphatic heterocycles. The number of H-pyrrole nitrogens is 1. The van der Waals surface area contributed by atoms with Gasteiger partial charge in [0.2, 0.25) is 17.7 Å². The zero-order valence-corrected chi connectivity index (χ0v) is 15.2. The number of nitro groups is 1. The molecule has 0 radical (unpaired) electrons. The van der Waals surface area contributed by atoms with E-state index in [4.69, 9.17) is 10.5 Å². The Morgan fingerprint density at radius 3 is 2.70 bits per heavy atom. The summed E-state index contributed by atoms with van der Waals surface area (Å²) in [5.74, 6) is -0.828. The van der Waals surface area contributed by atoms with Crippen molar-refractivity contribution < 1.29 is 14.5 Å². The van der Waals surface area contributed by atoms with Crippen LogP contribution in [0.3, 0.4) is 0 Å². The Kier molecular flexibility index (Phi) is 3.44. The second-order valence-corrected chi connectivity index (χ2v) is 6.79. The molecule has 10 heteroatoms. The van der Waals surface area contributed by atoms with Crippen LogP contribution in [0.15, 0.2) is 60.0 Å². The molecule has 3 heterocycles. The molecular formula is C20H12N6O4. The molecule has 2 aromatic carbocycles. The lowest BCUT2D eigenvalue weighted by molar-refractivity contribution is -0.384. The normalized spacial score (nSPS) is 19.0. The number of aromatic amines is 1. The summed E-state index contributed by atoms with van der Waals surface area (Å²) in [4.78, 5) is 24.3. The molecule has 3 aromatic rings. The Morgan fingerprint density at radius 2 is 2.00 bits per heavy atom. The lowest BCUT2D eigenvalue weighted by Crippen LogP contribution is -2.42. The van der Waals surface area contributed by atoms with Gasteiger partial charge in [0.05, 0.1) is 16.2 Å². The van der Waals surface area contributed by atoms with E-state index < -0.39 is 16.2 Å². The molecule has 5 rings (SSSR count). The van der Waals surface area contributed by atoms with Crippen LogP contribution in [0.5, 0.6) is 5.88 Å². The fourth-order valence-electron chi connectivity index (χ4n) is 4.06. The molecule has 30 heavy (non-hydrogen) atoms. The van der Waals surface area contributed by atoms with Crippen molar-refractivity contribution in [1.82, 2.24) is 10.2 Å². The molecule has 0 saturated carbocycles.